The Morgan fingerprint density at radius 1 is 1.29 bits per heavy atom. The molecule has 0 fully saturated rings. The van der Waals surface area contributed by atoms with E-state index in [0.717, 1.165) is 17.7 Å². The fourth-order valence-corrected chi connectivity index (χ4v) is 5.05. The third kappa shape index (κ3) is 6.85. The molecule has 0 amide bonds. The van der Waals surface area contributed by atoms with Crippen molar-refractivity contribution in [2.75, 3.05) is 12.4 Å². The summed E-state index contributed by atoms with van der Waals surface area (Å²) in [4.78, 5) is 12.4. The molecule has 0 aliphatic rings. The largest absolute Gasteiger partial charge is 0.479 e. The van der Waals surface area contributed by atoms with Crippen LogP contribution in [-0.2, 0) is 4.74 Å². The van der Waals surface area contributed by atoms with Gasteiger partial charge in [-0.15, -0.1) is 11.8 Å². The highest BCUT2D eigenvalue weighted by Crippen LogP contribution is 2.32. The highest BCUT2D eigenvalue weighted by Gasteiger charge is 2.22. The number of hydrogen-bond acceptors (Lipinski definition) is 5. The molecular formula is C16H22O2S3. The molecule has 1 aromatic rings. The lowest BCUT2D eigenvalue weighted by Crippen LogP contribution is -2.17. The Morgan fingerprint density at radius 3 is 2.52 bits per heavy atom. The zero-order valence-electron chi connectivity index (χ0n) is 12.7. The first-order valence-electron chi connectivity index (χ1n) is 7.12. The van der Waals surface area contributed by atoms with Gasteiger partial charge in [-0.1, -0.05) is 55.9 Å². The number of hydrogen-bond donors (Lipinski definition) is 0. The second-order valence-corrected chi connectivity index (χ2v) is 8.14. The van der Waals surface area contributed by atoms with E-state index >= 15 is 0 Å². The average Bonchev–Trinajstić information content (AvgIpc) is 2.47. The Balaban J connectivity index is 2.61. The molecule has 1 rings (SSSR count). The van der Waals surface area contributed by atoms with Gasteiger partial charge in [0.05, 0.1) is 11.2 Å². The maximum Gasteiger partial charge on any atom is 0.221 e. The van der Waals surface area contributed by atoms with Gasteiger partial charge in [-0.25, -0.2) is 0 Å². The maximum atomic E-state index is 12.4. The molecule has 0 saturated heterocycles. The minimum atomic E-state index is -0.0200. The van der Waals surface area contributed by atoms with Gasteiger partial charge < -0.3 is 4.74 Å². The van der Waals surface area contributed by atoms with Crippen LogP contribution in [0.1, 0.15) is 37.6 Å². The molecule has 0 aliphatic heterocycles. The third-order valence-corrected chi connectivity index (χ3v) is 5.66. The summed E-state index contributed by atoms with van der Waals surface area (Å²) in [5.41, 5.74) is 0.780. The van der Waals surface area contributed by atoms with Crippen LogP contribution in [0.5, 0.6) is 0 Å². The number of Topliss-reactive ketones (excluding diaryl/α,β-unsaturated/α-hetero) is 1. The van der Waals surface area contributed by atoms with Gasteiger partial charge in [0.25, 0.3) is 0 Å². The van der Waals surface area contributed by atoms with E-state index in [1.165, 1.54) is 0 Å². The second kappa shape index (κ2) is 10.2. The number of ketones is 1. The molecule has 0 radical (unpaired) electrons. The SMILES string of the molecule is CCOC(=S)SC(CC(C)C(=O)c1ccccc1)SCC. The standard InChI is InChI=1S/C16H22O2S3/c1-4-18-16(19)21-14(20-5-2)11-12(3)15(17)13-9-7-6-8-10-13/h6-10,12,14H,4-5,11H2,1-3H3. The van der Waals surface area contributed by atoms with E-state index in [4.69, 9.17) is 17.0 Å². The molecular weight excluding hydrogens is 320 g/mol. The van der Waals surface area contributed by atoms with E-state index in [1.807, 2.05) is 55.9 Å². The van der Waals surface area contributed by atoms with Crippen LogP contribution in [0.15, 0.2) is 30.3 Å². The zero-order chi connectivity index (χ0) is 15.7. The lowest BCUT2D eigenvalue weighted by atomic mass is 9.97. The van der Waals surface area contributed by atoms with E-state index in [1.54, 1.807) is 11.8 Å². The van der Waals surface area contributed by atoms with E-state index in [-0.39, 0.29) is 16.3 Å². The van der Waals surface area contributed by atoms with Gasteiger partial charge in [0, 0.05) is 11.5 Å². The molecule has 2 unspecified atom stereocenters. The van der Waals surface area contributed by atoms with Crippen molar-refractivity contribution in [3.05, 3.63) is 35.9 Å². The predicted octanol–water partition coefficient (Wildman–Crippen LogP) is 5.03. The Kier molecular flexibility index (Phi) is 9.04. The minimum absolute atomic E-state index is 0.0200. The van der Waals surface area contributed by atoms with Crippen LogP contribution in [0.25, 0.3) is 0 Å². The Labute approximate surface area is 141 Å². The molecule has 0 N–H and O–H groups in total. The lowest BCUT2D eigenvalue weighted by molar-refractivity contribution is 0.0927. The van der Waals surface area contributed by atoms with Crippen molar-refractivity contribution in [1.29, 1.82) is 0 Å². The van der Waals surface area contributed by atoms with Gasteiger partial charge in [-0.3, -0.25) is 4.79 Å². The number of thiocarbonyl (C=S) groups is 1. The first-order valence-corrected chi connectivity index (χ1v) is 9.46. The lowest BCUT2D eigenvalue weighted by Gasteiger charge is -2.19. The van der Waals surface area contributed by atoms with Crippen LogP contribution in [0.3, 0.4) is 0 Å². The normalized spacial score (nSPS) is 13.5. The first kappa shape index (κ1) is 18.5. The van der Waals surface area contributed by atoms with Crippen molar-refractivity contribution in [3.8, 4) is 0 Å². The number of rotatable bonds is 8. The van der Waals surface area contributed by atoms with Gasteiger partial charge in [0.2, 0.25) is 4.38 Å². The summed E-state index contributed by atoms with van der Waals surface area (Å²) in [5, 5.41) is 0. The van der Waals surface area contributed by atoms with Gasteiger partial charge in [-0.2, -0.15) is 0 Å². The van der Waals surface area contributed by atoms with Crippen LogP contribution in [-0.4, -0.2) is 27.1 Å². The van der Waals surface area contributed by atoms with Crippen molar-refractivity contribution in [3.63, 3.8) is 0 Å². The monoisotopic (exact) mass is 342 g/mol. The summed E-state index contributed by atoms with van der Waals surface area (Å²) >= 11 is 8.57. The zero-order valence-corrected chi connectivity index (χ0v) is 15.2. The van der Waals surface area contributed by atoms with E-state index < -0.39 is 0 Å². The minimum Gasteiger partial charge on any atom is -0.479 e. The molecule has 2 atom stereocenters. The van der Waals surface area contributed by atoms with Crippen LogP contribution >= 0.6 is 35.7 Å². The van der Waals surface area contributed by atoms with Crippen LogP contribution in [0.2, 0.25) is 0 Å². The summed E-state index contributed by atoms with van der Waals surface area (Å²) in [5.74, 6) is 1.17. The second-order valence-electron chi connectivity index (χ2n) is 4.55. The molecule has 1 aromatic carbocycles. The quantitative estimate of drug-likeness (QED) is 0.375. The fraction of sp³-hybridized carbons (Fsp3) is 0.500. The Morgan fingerprint density at radius 2 is 1.95 bits per heavy atom. The van der Waals surface area contributed by atoms with Crippen LogP contribution < -0.4 is 0 Å². The fourth-order valence-electron chi connectivity index (χ4n) is 1.88. The predicted molar refractivity (Wildman–Crippen MR) is 98.3 cm³/mol. The number of thioether (sulfide) groups is 2. The molecule has 0 spiro atoms. The topological polar surface area (TPSA) is 26.3 Å². The van der Waals surface area contributed by atoms with Crippen molar-refractivity contribution in [1.82, 2.24) is 0 Å². The number of carbonyl (C=O) groups excluding carboxylic acids is 1. The maximum absolute atomic E-state index is 12.4. The van der Waals surface area contributed by atoms with Gasteiger partial charge >= 0.3 is 0 Å². The molecule has 0 aromatic heterocycles. The molecule has 0 aliphatic carbocycles. The molecule has 116 valence electrons. The van der Waals surface area contributed by atoms with E-state index in [0.29, 0.717) is 11.0 Å². The third-order valence-electron chi connectivity index (χ3n) is 2.89. The Hall–Kier alpha value is -0.520. The van der Waals surface area contributed by atoms with Gasteiger partial charge in [-0.05, 0) is 31.3 Å². The summed E-state index contributed by atoms with van der Waals surface area (Å²) in [6.45, 7) is 6.62. The average molecular weight is 343 g/mol. The summed E-state index contributed by atoms with van der Waals surface area (Å²) < 4.78 is 6.17. The molecule has 2 nitrogen and oxygen atoms in total. The summed E-state index contributed by atoms with van der Waals surface area (Å²) in [7, 11) is 0. The van der Waals surface area contributed by atoms with Crippen LogP contribution in [0.4, 0.5) is 0 Å². The van der Waals surface area contributed by atoms with Gasteiger partial charge in [0.15, 0.2) is 5.78 Å². The number of carbonyl (C=O) groups is 1. The molecule has 0 heterocycles. The molecule has 21 heavy (non-hydrogen) atoms. The highest BCUT2D eigenvalue weighted by molar-refractivity contribution is 8.30. The van der Waals surface area contributed by atoms with Crippen molar-refractivity contribution >= 4 is 45.9 Å². The first-order chi connectivity index (χ1) is 10.1. The Bertz CT molecular complexity index is 448. The molecule has 0 bridgehead atoms. The van der Waals surface area contributed by atoms with Crippen molar-refractivity contribution < 1.29 is 9.53 Å². The smallest absolute Gasteiger partial charge is 0.221 e. The van der Waals surface area contributed by atoms with Crippen molar-refractivity contribution in [2.24, 2.45) is 5.92 Å². The molecule has 5 heteroatoms. The van der Waals surface area contributed by atoms with Crippen molar-refractivity contribution in [2.45, 2.75) is 31.8 Å². The van der Waals surface area contributed by atoms with Crippen LogP contribution in [0, 0.1) is 5.92 Å². The molecule has 0 saturated carbocycles. The van der Waals surface area contributed by atoms with E-state index in [2.05, 4.69) is 6.92 Å². The summed E-state index contributed by atoms with van der Waals surface area (Å²) in [6, 6.07) is 9.47. The number of ether oxygens (including phenoxy) is 1. The summed E-state index contributed by atoms with van der Waals surface area (Å²) in [6.07, 6.45) is 0.796. The van der Waals surface area contributed by atoms with Gasteiger partial charge in [0.1, 0.15) is 0 Å². The highest BCUT2D eigenvalue weighted by atomic mass is 32.2. The number of benzene rings is 1. The van der Waals surface area contributed by atoms with E-state index in [9.17, 15) is 4.79 Å².